The number of hydrogen-bond acceptors (Lipinski definition) is 4. The molecule has 0 aliphatic rings. The minimum absolute atomic E-state index is 0.230. The van der Waals surface area contributed by atoms with Gasteiger partial charge in [0.2, 0.25) is 0 Å². The minimum Gasteiger partial charge on any atom is -0.370 e. The van der Waals surface area contributed by atoms with Gasteiger partial charge in [-0.2, -0.15) is 0 Å². The van der Waals surface area contributed by atoms with Gasteiger partial charge in [0.05, 0.1) is 16.1 Å². The number of pyridine rings is 1. The number of rotatable bonds is 6. The summed E-state index contributed by atoms with van der Waals surface area (Å²) in [5, 5.41) is 13.6. The summed E-state index contributed by atoms with van der Waals surface area (Å²) in [5.74, 6) is 0.195. The third-order valence-corrected chi connectivity index (χ3v) is 4.22. The van der Waals surface area contributed by atoms with Gasteiger partial charge in [-0.25, -0.2) is 4.98 Å². The first kappa shape index (κ1) is 17.9. The molecule has 0 unspecified atom stereocenters. The van der Waals surface area contributed by atoms with E-state index in [4.69, 9.17) is 17.0 Å². The van der Waals surface area contributed by atoms with Crippen molar-refractivity contribution in [2.75, 3.05) is 11.9 Å². The molecular weight excluding hydrogens is 324 g/mol. The van der Waals surface area contributed by atoms with Crippen LogP contribution in [0.15, 0.2) is 24.4 Å². The van der Waals surface area contributed by atoms with Crippen LogP contribution in [0.5, 0.6) is 0 Å². The second-order valence-corrected chi connectivity index (χ2v) is 5.90. The molecule has 0 aliphatic carbocycles. The van der Waals surface area contributed by atoms with Crippen molar-refractivity contribution in [3.8, 4) is 0 Å². The van der Waals surface area contributed by atoms with Gasteiger partial charge in [-0.05, 0) is 37.5 Å². The number of amides is 1. The van der Waals surface area contributed by atoms with E-state index in [1.165, 1.54) is 17.3 Å². The summed E-state index contributed by atoms with van der Waals surface area (Å²) in [4.78, 5) is 16.6. The summed E-state index contributed by atoms with van der Waals surface area (Å²) in [6.45, 7) is 7.08. The van der Waals surface area contributed by atoms with Crippen LogP contribution in [0.25, 0.3) is 0 Å². The highest BCUT2D eigenvalue weighted by atomic mass is 35.5. The smallest absolute Gasteiger partial charge is 0.254 e. The molecular formula is C18H21ClN4O. The number of aromatic nitrogens is 1. The molecule has 6 heteroatoms. The lowest BCUT2D eigenvalue weighted by molar-refractivity contribution is 0.0950. The van der Waals surface area contributed by atoms with Crippen molar-refractivity contribution in [1.82, 2.24) is 10.3 Å². The Balaban J connectivity index is 2.17. The van der Waals surface area contributed by atoms with Crippen LogP contribution in [-0.4, -0.2) is 23.7 Å². The SMILES string of the molecule is CCNc1ncc(C(=O)NCc2ccc(C)c(C)c2)c(Cl)c1C=N. The zero-order valence-corrected chi connectivity index (χ0v) is 14.8. The molecule has 24 heavy (non-hydrogen) atoms. The Morgan fingerprint density at radius 1 is 1.33 bits per heavy atom. The molecule has 0 aliphatic heterocycles. The van der Waals surface area contributed by atoms with E-state index in [9.17, 15) is 4.79 Å². The molecule has 3 N–H and O–H groups in total. The van der Waals surface area contributed by atoms with Gasteiger partial charge in [0.25, 0.3) is 5.91 Å². The van der Waals surface area contributed by atoms with Gasteiger partial charge < -0.3 is 16.0 Å². The molecule has 1 heterocycles. The molecule has 1 aromatic heterocycles. The molecule has 0 radical (unpaired) electrons. The number of benzene rings is 1. The van der Waals surface area contributed by atoms with Crippen molar-refractivity contribution in [3.05, 3.63) is 57.2 Å². The molecule has 0 saturated heterocycles. The minimum atomic E-state index is -0.308. The first-order chi connectivity index (χ1) is 11.5. The van der Waals surface area contributed by atoms with Crippen LogP contribution >= 0.6 is 11.6 Å². The summed E-state index contributed by atoms with van der Waals surface area (Å²) in [6.07, 6.45) is 2.54. The molecule has 0 fully saturated rings. The maximum absolute atomic E-state index is 12.4. The van der Waals surface area contributed by atoms with Crippen LogP contribution in [-0.2, 0) is 6.54 Å². The number of carbonyl (C=O) groups is 1. The van der Waals surface area contributed by atoms with E-state index in [1.54, 1.807) is 0 Å². The standard InChI is InChI=1S/C18H21ClN4O/c1-4-21-17-14(8-20)16(19)15(10-22-17)18(24)23-9-13-6-5-11(2)12(3)7-13/h5-8,10,20H,4,9H2,1-3H3,(H,21,22)(H,23,24). The molecule has 0 bridgehead atoms. The monoisotopic (exact) mass is 344 g/mol. The fourth-order valence-corrected chi connectivity index (χ4v) is 2.57. The van der Waals surface area contributed by atoms with E-state index in [-0.39, 0.29) is 16.5 Å². The van der Waals surface area contributed by atoms with Gasteiger partial charge in [-0.15, -0.1) is 0 Å². The molecule has 1 amide bonds. The Bertz CT molecular complexity index is 774. The average Bonchev–Trinajstić information content (AvgIpc) is 2.56. The maximum atomic E-state index is 12.4. The molecule has 0 atom stereocenters. The van der Waals surface area contributed by atoms with Crippen LogP contribution in [0.2, 0.25) is 5.02 Å². The molecule has 2 aromatic rings. The van der Waals surface area contributed by atoms with Crippen LogP contribution in [0, 0.1) is 19.3 Å². The van der Waals surface area contributed by atoms with Crippen molar-refractivity contribution < 1.29 is 4.79 Å². The van der Waals surface area contributed by atoms with E-state index >= 15 is 0 Å². The van der Waals surface area contributed by atoms with Crippen molar-refractivity contribution in [1.29, 1.82) is 5.41 Å². The normalized spacial score (nSPS) is 10.3. The fraction of sp³-hybridized carbons (Fsp3) is 0.278. The number of anilines is 1. The summed E-state index contributed by atoms with van der Waals surface area (Å²) >= 11 is 6.28. The third kappa shape index (κ3) is 3.92. The first-order valence-corrected chi connectivity index (χ1v) is 8.12. The Morgan fingerprint density at radius 2 is 2.08 bits per heavy atom. The van der Waals surface area contributed by atoms with Crippen LogP contribution < -0.4 is 10.6 Å². The van der Waals surface area contributed by atoms with E-state index < -0.39 is 0 Å². The molecule has 1 aromatic carbocycles. The zero-order valence-electron chi connectivity index (χ0n) is 14.0. The Hall–Kier alpha value is -2.40. The van der Waals surface area contributed by atoms with Crippen LogP contribution in [0.3, 0.4) is 0 Å². The first-order valence-electron chi connectivity index (χ1n) is 7.75. The van der Waals surface area contributed by atoms with Crippen molar-refractivity contribution in [3.63, 3.8) is 0 Å². The summed E-state index contributed by atoms with van der Waals surface area (Å²) in [6, 6.07) is 6.07. The van der Waals surface area contributed by atoms with E-state index in [2.05, 4.69) is 15.6 Å². The number of nitrogens with zero attached hydrogens (tertiary/aromatic N) is 1. The van der Waals surface area contributed by atoms with Gasteiger partial charge in [0.15, 0.2) is 0 Å². The Morgan fingerprint density at radius 3 is 2.71 bits per heavy atom. The van der Waals surface area contributed by atoms with Crippen molar-refractivity contribution in [2.24, 2.45) is 0 Å². The lowest BCUT2D eigenvalue weighted by Gasteiger charge is -2.12. The second-order valence-electron chi connectivity index (χ2n) is 5.52. The zero-order chi connectivity index (χ0) is 17.7. The molecule has 5 nitrogen and oxygen atoms in total. The summed E-state index contributed by atoms with van der Waals surface area (Å²) in [7, 11) is 0. The largest absolute Gasteiger partial charge is 0.370 e. The van der Waals surface area contributed by atoms with Crippen molar-refractivity contribution >= 4 is 29.5 Å². The molecule has 0 spiro atoms. The van der Waals surface area contributed by atoms with E-state index in [1.807, 2.05) is 39.0 Å². The average molecular weight is 345 g/mol. The highest BCUT2D eigenvalue weighted by Gasteiger charge is 2.16. The van der Waals surface area contributed by atoms with Gasteiger partial charge in [0.1, 0.15) is 5.82 Å². The fourth-order valence-electron chi connectivity index (χ4n) is 2.29. The highest BCUT2D eigenvalue weighted by Crippen LogP contribution is 2.24. The maximum Gasteiger partial charge on any atom is 0.254 e. The van der Waals surface area contributed by atoms with E-state index in [0.717, 1.165) is 11.8 Å². The van der Waals surface area contributed by atoms with Gasteiger partial charge in [-0.3, -0.25) is 4.79 Å². The number of halogens is 1. The second kappa shape index (κ2) is 7.93. The molecule has 2 rings (SSSR count). The lowest BCUT2D eigenvalue weighted by Crippen LogP contribution is -2.24. The van der Waals surface area contributed by atoms with Crippen LogP contribution in [0.1, 0.15) is 39.5 Å². The topological polar surface area (TPSA) is 77.9 Å². The van der Waals surface area contributed by atoms with Gasteiger partial charge >= 0.3 is 0 Å². The summed E-state index contributed by atoms with van der Waals surface area (Å²) < 4.78 is 0. The predicted molar refractivity (Wildman–Crippen MR) is 98.4 cm³/mol. The summed E-state index contributed by atoms with van der Waals surface area (Å²) in [5.41, 5.74) is 4.10. The molecule has 126 valence electrons. The van der Waals surface area contributed by atoms with Crippen LogP contribution in [0.4, 0.5) is 5.82 Å². The quantitative estimate of drug-likeness (QED) is 0.699. The van der Waals surface area contributed by atoms with Gasteiger partial charge in [0, 0.05) is 25.5 Å². The Labute approximate surface area is 147 Å². The Kier molecular flexibility index (Phi) is 5.93. The molecule has 0 saturated carbocycles. The van der Waals surface area contributed by atoms with Crippen molar-refractivity contribution in [2.45, 2.75) is 27.3 Å². The third-order valence-electron chi connectivity index (χ3n) is 3.81. The number of nitrogens with one attached hydrogen (secondary N) is 3. The number of aryl methyl sites for hydroxylation is 2. The predicted octanol–water partition coefficient (Wildman–Crippen LogP) is 3.71. The number of carbonyl (C=O) groups excluding carboxylic acids is 1. The van der Waals surface area contributed by atoms with Gasteiger partial charge in [-0.1, -0.05) is 29.8 Å². The lowest BCUT2D eigenvalue weighted by atomic mass is 10.1. The number of hydrogen-bond donors (Lipinski definition) is 3. The van der Waals surface area contributed by atoms with E-state index in [0.29, 0.717) is 24.5 Å². The highest BCUT2D eigenvalue weighted by molar-refractivity contribution is 6.36.